The number of hydrogen-bond donors (Lipinski definition) is 1. The quantitative estimate of drug-likeness (QED) is 0.923. The van der Waals surface area contributed by atoms with E-state index in [2.05, 4.69) is 5.32 Å². The molecule has 1 heterocycles. The Morgan fingerprint density at radius 2 is 1.90 bits per heavy atom. The molecular weight excluding hydrogens is 311 g/mol. The second-order valence-electron chi connectivity index (χ2n) is 5.14. The molecule has 21 heavy (non-hydrogen) atoms. The average Bonchev–Trinajstić information content (AvgIpc) is 2.47. The summed E-state index contributed by atoms with van der Waals surface area (Å²) < 4.78 is 0. The third-order valence-electron chi connectivity index (χ3n) is 4.15. The lowest BCUT2D eigenvalue weighted by Gasteiger charge is -2.45. The highest BCUT2D eigenvalue weighted by molar-refractivity contribution is 6.33. The Kier molecular flexibility index (Phi) is 4.79. The van der Waals surface area contributed by atoms with Crippen LogP contribution in [-0.2, 0) is 16.1 Å². The minimum absolute atomic E-state index is 0.0266. The highest BCUT2D eigenvalue weighted by Crippen LogP contribution is 2.31. The van der Waals surface area contributed by atoms with Crippen LogP contribution in [0, 0.1) is 0 Å². The highest BCUT2D eigenvalue weighted by atomic mass is 35.5. The van der Waals surface area contributed by atoms with Crippen LogP contribution < -0.4 is 5.32 Å². The number of rotatable bonds is 4. The molecule has 114 valence electrons. The topological polar surface area (TPSA) is 49.4 Å². The van der Waals surface area contributed by atoms with E-state index in [-0.39, 0.29) is 24.9 Å². The van der Waals surface area contributed by atoms with Gasteiger partial charge in [0.05, 0.1) is 6.54 Å². The molecule has 1 saturated heterocycles. The fourth-order valence-electron chi connectivity index (χ4n) is 2.80. The summed E-state index contributed by atoms with van der Waals surface area (Å²) in [6, 6.07) is 5.14. The van der Waals surface area contributed by atoms with Gasteiger partial charge in [0, 0.05) is 16.6 Å². The van der Waals surface area contributed by atoms with Gasteiger partial charge in [-0.15, -0.1) is 0 Å². The van der Waals surface area contributed by atoms with Crippen LogP contribution in [0.15, 0.2) is 18.2 Å². The van der Waals surface area contributed by atoms with Crippen molar-refractivity contribution in [3.63, 3.8) is 0 Å². The molecule has 1 aromatic rings. The summed E-state index contributed by atoms with van der Waals surface area (Å²) in [6.45, 7) is 4.13. The van der Waals surface area contributed by atoms with Crippen LogP contribution in [0.3, 0.4) is 0 Å². The third kappa shape index (κ3) is 2.87. The van der Waals surface area contributed by atoms with Crippen molar-refractivity contribution in [2.45, 2.75) is 38.8 Å². The summed E-state index contributed by atoms with van der Waals surface area (Å²) in [5.74, 6) is -0.209. The molecule has 6 heteroatoms. The van der Waals surface area contributed by atoms with Crippen LogP contribution >= 0.6 is 23.2 Å². The molecule has 0 aromatic heterocycles. The van der Waals surface area contributed by atoms with Crippen LogP contribution in [0.2, 0.25) is 10.0 Å². The van der Waals surface area contributed by atoms with Crippen molar-refractivity contribution in [3.05, 3.63) is 33.8 Å². The number of nitrogens with one attached hydrogen (secondary N) is 1. The molecule has 0 aliphatic carbocycles. The van der Waals surface area contributed by atoms with Crippen molar-refractivity contribution in [1.29, 1.82) is 0 Å². The first-order valence-electron chi connectivity index (χ1n) is 6.97. The van der Waals surface area contributed by atoms with Gasteiger partial charge in [-0.25, -0.2) is 0 Å². The first-order chi connectivity index (χ1) is 9.94. The van der Waals surface area contributed by atoms with Crippen LogP contribution in [0.25, 0.3) is 0 Å². The Bertz CT molecular complexity index is 571. The van der Waals surface area contributed by atoms with E-state index in [0.29, 0.717) is 22.9 Å². The van der Waals surface area contributed by atoms with E-state index >= 15 is 0 Å². The summed E-state index contributed by atoms with van der Waals surface area (Å²) in [4.78, 5) is 26.2. The van der Waals surface area contributed by atoms with E-state index in [1.807, 2.05) is 13.8 Å². The van der Waals surface area contributed by atoms with Gasteiger partial charge in [0.25, 0.3) is 0 Å². The molecule has 2 amide bonds. The van der Waals surface area contributed by atoms with Crippen molar-refractivity contribution < 1.29 is 9.59 Å². The normalized spacial score (nSPS) is 17.8. The maximum Gasteiger partial charge on any atom is 0.246 e. The lowest BCUT2D eigenvalue weighted by atomic mass is 9.87. The van der Waals surface area contributed by atoms with Gasteiger partial charge < -0.3 is 10.2 Å². The smallest absolute Gasteiger partial charge is 0.246 e. The zero-order valence-corrected chi connectivity index (χ0v) is 13.6. The number of amides is 2. The summed E-state index contributed by atoms with van der Waals surface area (Å²) in [6.07, 6.45) is 1.11. The van der Waals surface area contributed by atoms with Crippen LogP contribution in [-0.4, -0.2) is 28.8 Å². The number of hydrogen-bond acceptors (Lipinski definition) is 2. The Morgan fingerprint density at radius 1 is 1.24 bits per heavy atom. The minimum Gasteiger partial charge on any atom is -0.345 e. The second-order valence-corrected chi connectivity index (χ2v) is 5.98. The molecule has 0 unspecified atom stereocenters. The molecule has 1 aliphatic heterocycles. The largest absolute Gasteiger partial charge is 0.345 e. The number of nitrogens with zero attached hydrogens (tertiary/aromatic N) is 1. The van der Waals surface area contributed by atoms with Gasteiger partial charge in [-0.2, -0.15) is 0 Å². The average molecular weight is 329 g/mol. The van der Waals surface area contributed by atoms with E-state index < -0.39 is 5.54 Å². The first-order valence-corrected chi connectivity index (χ1v) is 7.73. The maximum absolute atomic E-state index is 12.3. The van der Waals surface area contributed by atoms with Crippen molar-refractivity contribution in [3.8, 4) is 0 Å². The molecular formula is C15H18Cl2N2O2. The highest BCUT2D eigenvalue weighted by Gasteiger charge is 2.46. The Labute approximate surface area is 134 Å². The molecule has 0 radical (unpaired) electrons. The Morgan fingerprint density at radius 3 is 2.52 bits per heavy atom. The fraction of sp³-hybridized carbons (Fsp3) is 0.467. The number of piperazine rings is 1. The predicted octanol–water partition coefficient (Wildman–Crippen LogP) is 3.01. The van der Waals surface area contributed by atoms with E-state index in [9.17, 15) is 9.59 Å². The van der Waals surface area contributed by atoms with E-state index in [4.69, 9.17) is 23.2 Å². The summed E-state index contributed by atoms with van der Waals surface area (Å²) >= 11 is 12.2. The van der Waals surface area contributed by atoms with Crippen molar-refractivity contribution in [2.24, 2.45) is 0 Å². The molecule has 0 spiro atoms. The van der Waals surface area contributed by atoms with Crippen LogP contribution in [0.5, 0.6) is 0 Å². The molecule has 2 rings (SSSR count). The molecule has 0 atom stereocenters. The number of carbonyl (C=O) groups is 2. The van der Waals surface area contributed by atoms with Gasteiger partial charge in [0.15, 0.2) is 0 Å². The van der Waals surface area contributed by atoms with Gasteiger partial charge in [0.2, 0.25) is 11.8 Å². The number of benzene rings is 1. The SMILES string of the molecule is CCC1(CC)C(=O)NCC(=O)N1Cc1cc(Cl)ccc1Cl. The molecule has 1 fully saturated rings. The van der Waals surface area contributed by atoms with E-state index in [0.717, 1.165) is 5.56 Å². The predicted molar refractivity (Wildman–Crippen MR) is 83.3 cm³/mol. The van der Waals surface area contributed by atoms with Gasteiger partial charge in [0.1, 0.15) is 5.54 Å². The molecule has 0 bridgehead atoms. The van der Waals surface area contributed by atoms with Crippen LogP contribution in [0.4, 0.5) is 0 Å². The van der Waals surface area contributed by atoms with Gasteiger partial charge in [-0.1, -0.05) is 37.0 Å². The number of carbonyl (C=O) groups excluding carboxylic acids is 2. The zero-order valence-electron chi connectivity index (χ0n) is 12.1. The van der Waals surface area contributed by atoms with E-state index in [1.54, 1.807) is 23.1 Å². The Balaban J connectivity index is 2.40. The zero-order chi connectivity index (χ0) is 15.6. The molecule has 1 aromatic carbocycles. The summed E-state index contributed by atoms with van der Waals surface area (Å²) in [5, 5.41) is 3.78. The monoisotopic (exact) mass is 328 g/mol. The standard InChI is InChI=1S/C15H18Cl2N2O2/c1-3-15(4-2)14(21)18-8-13(20)19(15)9-10-7-11(16)5-6-12(10)17/h5-7H,3-4,8-9H2,1-2H3,(H,18,21). The van der Waals surface area contributed by atoms with Crippen molar-refractivity contribution in [1.82, 2.24) is 10.2 Å². The third-order valence-corrected chi connectivity index (χ3v) is 4.75. The Hall–Kier alpha value is -1.26. The lowest BCUT2D eigenvalue weighted by molar-refractivity contribution is -0.155. The van der Waals surface area contributed by atoms with Gasteiger partial charge in [-0.05, 0) is 36.6 Å². The number of halogens is 2. The second kappa shape index (κ2) is 6.24. The van der Waals surface area contributed by atoms with Gasteiger partial charge >= 0.3 is 0 Å². The maximum atomic E-state index is 12.3. The molecule has 0 saturated carbocycles. The minimum atomic E-state index is -0.818. The van der Waals surface area contributed by atoms with E-state index in [1.165, 1.54) is 0 Å². The summed E-state index contributed by atoms with van der Waals surface area (Å²) in [7, 11) is 0. The molecule has 1 aliphatic rings. The van der Waals surface area contributed by atoms with Crippen molar-refractivity contribution >= 4 is 35.0 Å². The summed E-state index contributed by atoms with van der Waals surface area (Å²) in [5.41, 5.74) is -0.0699. The van der Waals surface area contributed by atoms with Gasteiger partial charge in [-0.3, -0.25) is 9.59 Å². The lowest BCUT2D eigenvalue weighted by Crippen LogP contribution is -2.66. The fourth-order valence-corrected chi connectivity index (χ4v) is 3.18. The molecule has 4 nitrogen and oxygen atoms in total. The van der Waals surface area contributed by atoms with Crippen LogP contribution in [0.1, 0.15) is 32.3 Å². The molecule has 1 N–H and O–H groups in total. The van der Waals surface area contributed by atoms with Crippen molar-refractivity contribution in [2.75, 3.05) is 6.54 Å². The first kappa shape index (κ1) is 16.1.